The number of carboxylic acid groups (broad SMARTS) is 1. The molecule has 1 aliphatic heterocycles. The van der Waals surface area contributed by atoms with Gasteiger partial charge in [-0.3, -0.25) is 0 Å². The summed E-state index contributed by atoms with van der Waals surface area (Å²) in [5.41, 5.74) is 9.25. The Balaban J connectivity index is 1.68. The molecule has 2 aromatic heterocycles. The predicted octanol–water partition coefficient (Wildman–Crippen LogP) is 2.11. The summed E-state index contributed by atoms with van der Waals surface area (Å²) < 4.78 is 5.33. The van der Waals surface area contributed by atoms with E-state index in [-0.39, 0.29) is 6.04 Å². The second-order valence-electron chi connectivity index (χ2n) is 7.63. The monoisotopic (exact) mass is 438 g/mol. The second-order valence-corrected chi connectivity index (χ2v) is 7.63. The van der Waals surface area contributed by atoms with Crippen molar-refractivity contribution < 1.29 is 14.6 Å². The van der Waals surface area contributed by atoms with E-state index in [0.29, 0.717) is 56.3 Å². The summed E-state index contributed by atoms with van der Waals surface area (Å²) in [6, 6.07) is 11.5. The van der Waals surface area contributed by atoms with E-state index in [2.05, 4.69) is 25.5 Å². The van der Waals surface area contributed by atoms with Crippen LogP contribution in [-0.4, -0.2) is 81.1 Å². The smallest absolute Gasteiger partial charge is 0.407 e. The van der Waals surface area contributed by atoms with Crippen molar-refractivity contribution in [2.75, 3.05) is 44.0 Å². The Labute approximate surface area is 185 Å². The predicted molar refractivity (Wildman–Crippen MR) is 119 cm³/mol. The molecule has 1 amide bonds. The van der Waals surface area contributed by atoms with E-state index in [9.17, 15) is 9.90 Å². The first kappa shape index (κ1) is 21.5. The molecule has 0 saturated carbocycles. The number of benzene rings is 1. The zero-order chi connectivity index (χ0) is 22.5. The van der Waals surface area contributed by atoms with E-state index in [1.807, 2.05) is 36.4 Å². The highest BCUT2D eigenvalue weighted by molar-refractivity contribution is 5.80. The number of hydrogen-bond acceptors (Lipinski definition) is 8. The second kappa shape index (κ2) is 9.60. The number of methoxy groups -OCH3 is 1. The largest absolute Gasteiger partial charge is 0.465 e. The number of ether oxygens (including phenoxy) is 1. The molecule has 11 nitrogen and oxygen atoms in total. The fraction of sp³-hybridized carbons (Fsp3) is 0.381. The number of rotatable bonds is 7. The molecule has 1 saturated heterocycles. The van der Waals surface area contributed by atoms with Crippen LogP contribution < -0.4 is 10.6 Å². The lowest BCUT2D eigenvalue weighted by molar-refractivity contribution is 0.130. The number of carbonyl (C=O) groups is 1. The van der Waals surface area contributed by atoms with Gasteiger partial charge in [0.15, 0.2) is 5.82 Å². The number of nitrogen functional groups attached to an aromatic ring is 1. The lowest BCUT2D eigenvalue weighted by Crippen LogP contribution is -2.47. The van der Waals surface area contributed by atoms with E-state index in [1.54, 1.807) is 7.11 Å². The minimum Gasteiger partial charge on any atom is -0.465 e. The molecule has 3 aromatic rings. The van der Waals surface area contributed by atoms with Crippen molar-refractivity contribution in [3.63, 3.8) is 0 Å². The van der Waals surface area contributed by atoms with E-state index in [0.717, 1.165) is 16.9 Å². The minimum absolute atomic E-state index is 0.136. The third-order valence-electron chi connectivity index (χ3n) is 5.64. The van der Waals surface area contributed by atoms with Gasteiger partial charge >= 0.3 is 6.09 Å². The Hall–Kier alpha value is -3.73. The van der Waals surface area contributed by atoms with Crippen LogP contribution in [0.4, 0.5) is 16.3 Å². The molecule has 4 N–H and O–H groups in total. The van der Waals surface area contributed by atoms with Crippen LogP contribution in [0.5, 0.6) is 0 Å². The molecule has 168 valence electrons. The Morgan fingerprint density at radius 3 is 2.69 bits per heavy atom. The van der Waals surface area contributed by atoms with Crippen LogP contribution in [0.1, 0.15) is 12.8 Å². The Bertz CT molecular complexity index is 1050. The van der Waals surface area contributed by atoms with Gasteiger partial charge in [-0.1, -0.05) is 24.3 Å². The van der Waals surface area contributed by atoms with Crippen molar-refractivity contribution in [1.82, 2.24) is 30.5 Å². The SMILES string of the molecule is COCCN(c1cc(N)cc(-c2ccccc2-c2nnn[nH]2)n1)C1CCN(C(=O)O)CC1. The molecule has 0 unspecified atom stereocenters. The lowest BCUT2D eigenvalue weighted by Gasteiger charge is -2.38. The minimum atomic E-state index is -0.880. The van der Waals surface area contributed by atoms with Crippen molar-refractivity contribution in [3.8, 4) is 22.6 Å². The molecule has 1 fully saturated rings. The quantitative estimate of drug-likeness (QED) is 0.504. The number of H-pyrrole nitrogens is 1. The van der Waals surface area contributed by atoms with Crippen LogP contribution in [0.15, 0.2) is 36.4 Å². The van der Waals surface area contributed by atoms with Crippen LogP contribution in [0.2, 0.25) is 0 Å². The highest BCUT2D eigenvalue weighted by Crippen LogP contribution is 2.32. The van der Waals surface area contributed by atoms with Gasteiger partial charge in [0.1, 0.15) is 5.82 Å². The molecule has 3 heterocycles. The summed E-state index contributed by atoms with van der Waals surface area (Å²) in [6.45, 7) is 2.11. The number of nitrogens with one attached hydrogen (secondary N) is 1. The van der Waals surface area contributed by atoms with Gasteiger partial charge in [-0.2, -0.15) is 0 Å². The summed E-state index contributed by atoms with van der Waals surface area (Å²) in [5, 5.41) is 23.5. The van der Waals surface area contributed by atoms with Crippen LogP contribution in [0.25, 0.3) is 22.6 Å². The summed E-state index contributed by atoms with van der Waals surface area (Å²) in [4.78, 5) is 19.8. The first-order chi connectivity index (χ1) is 15.6. The number of nitrogens with zero attached hydrogens (tertiary/aromatic N) is 6. The number of nitrogens with two attached hydrogens (primary N) is 1. The van der Waals surface area contributed by atoms with Gasteiger partial charge in [0.25, 0.3) is 0 Å². The van der Waals surface area contributed by atoms with Crippen LogP contribution in [0, 0.1) is 0 Å². The van der Waals surface area contributed by atoms with E-state index < -0.39 is 6.09 Å². The van der Waals surface area contributed by atoms with E-state index in [4.69, 9.17) is 15.5 Å². The number of tetrazole rings is 1. The third-order valence-corrected chi connectivity index (χ3v) is 5.64. The number of anilines is 2. The van der Waals surface area contributed by atoms with Crippen molar-refractivity contribution in [1.29, 1.82) is 0 Å². The molecule has 0 aliphatic carbocycles. The van der Waals surface area contributed by atoms with Gasteiger partial charge in [-0.15, -0.1) is 5.10 Å². The number of aromatic amines is 1. The van der Waals surface area contributed by atoms with Gasteiger partial charge in [0, 0.05) is 55.7 Å². The summed E-state index contributed by atoms with van der Waals surface area (Å²) in [6.07, 6.45) is 0.541. The van der Waals surface area contributed by atoms with Crippen LogP contribution in [0.3, 0.4) is 0 Å². The maximum atomic E-state index is 11.3. The van der Waals surface area contributed by atoms with Crippen molar-refractivity contribution >= 4 is 17.6 Å². The molecule has 11 heteroatoms. The maximum absolute atomic E-state index is 11.3. The molecule has 0 bridgehead atoms. The Kier molecular flexibility index (Phi) is 6.45. The maximum Gasteiger partial charge on any atom is 0.407 e. The van der Waals surface area contributed by atoms with Gasteiger partial charge in [0.05, 0.1) is 12.3 Å². The highest BCUT2D eigenvalue weighted by Gasteiger charge is 2.28. The molecule has 0 spiro atoms. The Morgan fingerprint density at radius 1 is 1.28 bits per heavy atom. The van der Waals surface area contributed by atoms with Crippen molar-refractivity contribution in [2.45, 2.75) is 18.9 Å². The summed E-state index contributed by atoms with van der Waals surface area (Å²) in [5.74, 6) is 1.28. The number of amides is 1. The molecule has 1 aliphatic rings. The zero-order valence-corrected chi connectivity index (χ0v) is 17.8. The van der Waals surface area contributed by atoms with Crippen molar-refractivity contribution in [3.05, 3.63) is 36.4 Å². The average Bonchev–Trinajstić information content (AvgIpc) is 3.34. The number of aromatic nitrogens is 5. The summed E-state index contributed by atoms with van der Waals surface area (Å²) in [7, 11) is 1.66. The molecule has 0 radical (unpaired) electrons. The topological polar surface area (TPSA) is 146 Å². The van der Waals surface area contributed by atoms with Gasteiger partial charge < -0.3 is 25.4 Å². The van der Waals surface area contributed by atoms with E-state index >= 15 is 0 Å². The number of likely N-dealkylation sites (tertiary alicyclic amines) is 1. The third kappa shape index (κ3) is 4.62. The van der Waals surface area contributed by atoms with E-state index in [1.165, 1.54) is 4.90 Å². The molecule has 0 atom stereocenters. The average molecular weight is 438 g/mol. The highest BCUT2D eigenvalue weighted by atomic mass is 16.5. The van der Waals surface area contributed by atoms with Crippen LogP contribution >= 0.6 is 0 Å². The summed E-state index contributed by atoms with van der Waals surface area (Å²) >= 11 is 0. The first-order valence-electron chi connectivity index (χ1n) is 10.4. The molecular formula is C21H26N8O3. The number of hydrogen-bond donors (Lipinski definition) is 3. The normalized spacial score (nSPS) is 14.5. The standard InChI is InChI=1S/C21H26N8O3/c1-32-11-10-29(15-6-8-28(9-7-15)21(30)31)19-13-14(22)12-18(23-19)16-4-2-3-5-17(16)20-24-26-27-25-20/h2-5,12-13,15H,6-11H2,1H3,(H2,22,23)(H,30,31)(H,24,25,26,27). The molecule has 4 rings (SSSR count). The first-order valence-corrected chi connectivity index (χ1v) is 10.4. The molecule has 1 aromatic carbocycles. The number of pyridine rings is 1. The molecule has 32 heavy (non-hydrogen) atoms. The molecular weight excluding hydrogens is 412 g/mol. The van der Waals surface area contributed by atoms with Gasteiger partial charge in [-0.05, 0) is 29.3 Å². The Morgan fingerprint density at radius 2 is 2.03 bits per heavy atom. The van der Waals surface area contributed by atoms with Crippen LogP contribution in [-0.2, 0) is 4.74 Å². The lowest BCUT2D eigenvalue weighted by atomic mass is 10.0. The van der Waals surface area contributed by atoms with Gasteiger partial charge in [-0.25, -0.2) is 14.9 Å². The van der Waals surface area contributed by atoms with Gasteiger partial charge in [0.2, 0.25) is 0 Å². The zero-order valence-electron chi connectivity index (χ0n) is 17.8. The van der Waals surface area contributed by atoms with Crippen molar-refractivity contribution in [2.24, 2.45) is 0 Å². The number of piperidine rings is 1. The fourth-order valence-electron chi connectivity index (χ4n) is 4.05. The fourth-order valence-corrected chi connectivity index (χ4v) is 4.05.